The molecule has 2 N–H and O–H groups in total. The molecule has 0 aliphatic heterocycles. The Hall–Kier alpha value is -1.82. The number of amides is 1. The normalized spacial score (nSPS) is 9.91. The zero-order valence-electron chi connectivity index (χ0n) is 11.3. The van der Waals surface area contributed by atoms with Crippen molar-refractivity contribution in [2.45, 2.75) is 0 Å². The van der Waals surface area contributed by atoms with Gasteiger partial charge in [0.1, 0.15) is 5.75 Å². The predicted molar refractivity (Wildman–Crippen MR) is 92.8 cm³/mol. The lowest BCUT2D eigenvalue weighted by molar-refractivity contribution is -0.121. The van der Waals surface area contributed by atoms with Crippen molar-refractivity contribution in [3.63, 3.8) is 0 Å². The summed E-state index contributed by atoms with van der Waals surface area (Å²) in [5, 5.41) is 6.81. The second-order valence-corrected chi connectivity index (χ2v) is 5.53. The molecule has 0 bridgehead atoms. The van der Waals surface area contributed by atoms with Crippen molar-refractivity contribution in [1.82, 2.24) is 5.32 Å². The molecule has 0 fully saturated rings. The molecule has 0 saturated heterocycles. The first-order chi connectivity index (χ1) is 10.5. The molecule has 0 saturated carbocycles. The van der Waals surface area contributed by atoms with Crippen LogP contribution in [0.25, 0.3) is 0 Å². The summed E-state index contributed by atoms with van der Waals surface area (Å²) >= 11 is 16.6. The predicted octanol–water partition coefficient (Wildman–Crippen LogP) is 3.89. The van der Waals surface area contributed by atoms with Crippen LogP contribution >= 0.6 is 35.4 Å². The summed E-state index contributed by atoms with van der Waals surface area (Å²) in [4.78, 5) is 11.7. The standard InChI is InChI=1S/C15H12Cl2N2O2S/c16-10-1-5-12(6-2-10)18-15(22)19-14(20)9-21-13-7-3-11(17)4-8-13/h1-8H,9H2,(H2,18,19,20,22). The van der Waals surface area contributed by atoms with Gasteiger partial charge in [-0.05, 0) is 60.7 Å². The lowest BCUT2D eigenvalue weighted by Crippen LogP contribution is -2.37. The molecule has 0 aromatic heterocycles. The molecule has 0 heterocycles. The van der Waals surface area contributed by atoms with Crippen LogP contribution in [0, 0.1) is 0 Å². The van der Waals surface area contributed by atoms with Gasteiger partial charge in [-0.3, -0.25) is 10.1 Å². The van der Waals surface area contributed by atoms with Crippen molar-refractivity contribution in [2.75, 3.05) is 11.9 Å². The van der Waals surface area contributed by atoms with E-state index in [2.05, 4.69) is 10.6 Å². The first-order valence-electron chi connectivity index (χ1n) is 6.28. The number of halogens is 2. The van der Waals surface area contributed by atoms with E-state index in [1.165, 1.54) is 0 Å². The molecule has 7 heteroatoms. The van der Waals surface area contributed by atoms with E-state index >= 15 is 0 Å². The average Bonchev–Trinajstić information content (AvgIpc) is 2.49. The van der Waals surface area contributed by atoms with Gasteiger partial charge in [-0.15, -0.1) is 0 Å². The van der Waals surface area contributed by atoms with E-state index in [4.69, 9.17) is 40.2 Å². The molecule has 0 unspecified atom stereocenters. The Labute approximate surface area is 143 Å². The molecule has 0 aliphatic rings. The first-order valence-corrected chi connectivity index (χ1v) is 7.44. The lowest BCUT2D eigenvalue weighted by Gasteiger charge is -2.10. The van der Waals surface area contributed by atoms with Gasteiger partial charge in [-0.2, -0.15) is 0 Å². The van der Waals surface area contributed by atoms with Gasteiger partial charge in [0, 0.05) is 15.7 Å². The molecule has 2 aromatic carbocycles. The van der Waals surface area contributed by atoms with Crippen molar-refractivity contribution in [2.24, 2.45) is 0 Å². The summed E-state index contributed by atoms with van der Waals surface area (Å²) in [6.07, 6.45) is 0. The maximum atomic E-state index is 11.7. The van der Waals surface area contributed by atoms with E-state index in [-0.39, 0.29) is 17.6 Å². The molecular formula is C15H12Cl2N2O2S. The molecule has 0 radical (unpaired) electrons. The van der Waals surface area contributed by atoms with Gasteiger partial charge in [-0.1, -0.05) is 23.2 Å². The third-order valence-corrected chi connectivity index (χ3v) is 3.25. The summed E-state index contributed by atoms with van der Waals surface area (Å²) in [6, 6.07) is 13.7. The van der Waals surface area contributed by atoms with Crippen LogP contribution in [0.4, 0.5) is 5.69 Å². The number of ether oxygens (including phenoxy) is 1. The lowest BCUT2D eigenvalue weighted by atomic mass is 10.3. The van der Waals surface area contributed by atoms with Crippen LogP contribution in [-0.4, -0.2) is 17.6 Å². The molecule has 0 spiro atoms. The molecule has 0 aliphatic carbocycles. The number of carbonyl (C=O) groups is 1. The molecule has 0 atom stereocenters. The Kier molecular flexibility index (Phi) is 6.00. The zero-order chi connectivity index (χ0) is 15.9. The first kappa shape index (κ1) is 16.5. The fourth-order valence-corrected chi connectivity index (χ4v) is 2.02. The van der Waals surface area contributed by atoms with Crippen molar-refractivity contribution < 1.29 is 9.53 Å². The molecule has 1 amide bonds. The van der Waals surface area contributed by atoms with Crippen LogP contribution in [0.5, 0.6) is 5.75 Å². The smallest absolute Gasteiger partial charge is 0.264 e. The van der Waals surface area contributed by atoms with Gasteiger partial charge in [0.05, 0.1) is 0 Å². The minimum atomic E-state index is -0.360. The van der Waals surface area contributed by atoms with Crippen LogP contribution in [0.1, 0.15) is 0 Å². The maximum absolute atomic E-state index is 11.7. The van der Waals surface area contributed by atoms with E-state index in [1.54, 1.807) is 48.5 Å². The highest BCUT2D eigenvalue weighted by Gasteiger charge is 2.06. The quantitative estimate of drug-likeness (QED) is 0.818. The highest BCUT2D eigenvalue weighted by atomic mass is 35.5. The fraction of sp³-hybridized carbons (Fsp3) is 0.0667. The molecule has 4 nitrogen and oxygen atoms in total. The fourth-order valence-electron chi connectivity index (χ4n) is 1.54. The molecule has 22 heavy (non-hydrogen) atoms. The number of rotatable bonds is 4. The Morgan fingerprint density at radius 3 is 2.14 bits per heavy atom. The number of benzene rings is 2. The van der Waals surface area contributed by atoms with Crippen molar-refractivity contribution in [3.8, 4) is 5.75 Å². The number of thiocarbonyl (C=S) groups is 1. The van der Waals surface area contributed by atoms with Crippen molar-refractivity contribution in [1.29, 1.82) is 0 Å². The van der Waals surface area contributed by atoms with Gasteiger partial charge in [0.15, 0.2) is 11.7 Å². The summed E-state index contributed by atoms with van der Waals surface area (Å²) < 4.78 is 5.31. The minimum Gasteiger partial charge on any atom is -0.484 e. The maximum Gasteiger partial charge on any atom is 0.264 e. The van der Waals surface area contributed by atoms with E-state index in [0.717, 1.165) is 5.69 Å². The Balaban J connectivity index is 1.77. The van der Waals surface area contributed by atoms with Gasteiger partial charge in [0.2, 0.25) is 0 Å². The second kappa shape index (κ2) is 7.98. The van der Waals surface area contributed by atoms with Crippen molar-refractivity contribution >= 4 is 52.1 Å². The Morgan fingerprint density at radius 2 is 1.55 bits per heavy atom. The van der Waals surface area contributed by atoms with Crippen LogP contribution in [0.2, 0.25) is 10.0 Å². The Morgan fingerprint density at radius 1 is 1.00 bits per heavy atom. The van der Waals surface area contributed by atoms with Crippen LogP contribution < -0.4 is 15.4 Å². The summed E-state index contributed by atoms with van der Waals surface area (Å²) in [7, 11) is 0. The number of hydrogen-bond donors (Lipinski definition) is 2. The number of nitrogens with one attached hydrogen (secondary N) is 2. The van der Waals surface area contributed by atoms with E-state index < -0.39 is 0 Å². The van der Waals surface area contributed by atoms with Crippen LogP contribution in [-0.2, 0) is 4.79 Å². The summed E-state index contributed by atoms with van der Waals surface area (Å²) in [5.41, 5.74) is 0.730. The van der Waals surface area contributed by atoms with Crippen LogP contribution in [0.15, 0.2) is 48.5 Å². The van der Waals surface area contributed by atoms with Crippen molar-refractivity contribution in [3.05, 3.63) is 58.6 Å². The SMILES string of the molecule is O=C(COc1ccc(Cl)cc1)NC(=S)Nc1ccc(Cl)cc1. The highest BCUT2D eigenvalue weighted by Crippen LogP contribution is 2.15. The van der Waals surface area contributed by atoms with Gasteiger partial charge in [0.25, 0.3) is 5.91 Å². The third-order valence-electron chi connectivity index (χ3n) is 2.54. The van der Waals surface area contributed by atoms with Gasteiger partial charge < -0.3 is 10.1 Å². The molecule has 2 aromatic rings. The van der Waals surface area contributed by atoms with E-state index in [9.17, 15) is 4.79 Å². The number of hydrogen-bond acceptors (Lipinski definition) is 3. The monoisotopic (exact) mass is 354 g/mol. The van der Waals surface area contributed by atoms with E-state index in [0.29, 0.717) is 15.8 Å². The number of anilines is 1. The van der Waals surface area contributed by atoms with Gasteiger partial charge >= 0.3 is 0 Å². The highest BCUT2D eigenvalue weighted by molar-refractivity contribution is 7.80. The minimum absolute atomic E-state index is 0.149. The summed E-state index contributed by atoms with van der Waals surface area (Å²) in [5.74, 6) is 0.192. The molecule has 2 rings (SSSR count). The van der Waals surface area contributed by atoms with Gasteiger partial charge in [-0.25, -0.2) is 0 Å². The molecule has 114 valence electrons. The second-order valence-electron chi connectivity index (χ2n) is 4.25. The topological polar surface area (TPSA) is 50.4 Å². The summed E-state index contributed by atoms with van der Waals surface area (Å²) in [6.45, 7) is -0.149. The average molecular weight is 355 g/mol. The van der Waals surface area contributed by atoms with Crippen LogP contribution in [0.3, 0.4) is 0 Å². The third kappa shape index (κ3) is 5.52. The zero-order valence-corrected chi connectivity index (χ0v) is 13.6. The van der Waals surface area contributed by atoms with E-state index in [1.807, 2.05) is 0 Å². The number of carbonyl (C=O) groups excluding carboxylic acids is 1. The Bertz CT molecular complexity index is 660. The largest absolute Gasteiger partial charge is 0.484 e. The molecular weight excluding hydrogens is 343 g/mol.